The Hall–Kier alpha value is -2.73. The fraction of sp³-hybridized carbons (Fsp3) is 0.150. The molecule has 1 heterocycles. The third-order valence-electron chi connectivity index (χ3n) is 4.30. The largest absolute Gasteiger partial charge is 0.318 e. The SMILES string of the molecule is Cc1ccc(N=Cc2cc(C)n(-c3ccc(Br)cc3)c2C)cc1[N+](=O)[O-]. The van der Waals surface area contributed by atoms with Crippen molar-refractivity contribution in [3.05, 3.63) is 85.6 Å². The first-order valence-corrected chi connectivity index (χ1v) is 8.90. The van der Waals surface area contributed by atoms with Gasteiger partial charge in [-0.25, -0.2) is 0 Å². The molecule has 6 heteroatoms. The van der Waals surface area contributed by atoms with Gasteiger partial charge in [-0.15, -0.1) is 0 Å². The third-order valence-corrected chi connectivity index (χ3v) is 4.83. The smallest absolute Gasteiger partial charge is 0.274 e. The number of aliphatic imine (C=N–C) groups is 1. The Kier molecular flexibility index (Phi) is 5.04. The van der Waals surface area contributed by atoms with E-state index in [1.54, 1.807) is 25.3 Å². The number of nitro groups is 1. The van der Waals surface area contributed by atoms with Crippen LogP contribution in [-0.4, -0.2) is 15.7 Å². The molecule has 2 aromatic carbocycles. The maximum atomic E-state index is 11.1. The predicted octanol–water partition coefficient (Wildman–Crippen LogP) is 5.82. The average Bonchev–Trinajstić information content (AvgIpc) is 2.89. The van der Waals surface area contributed by atoms with Gasteiger partial charge in [-0.2, -0.15) is 0 Å². The Morgan fingerprint density at radius 3 is 2.42 bits per heavy atom. The minimum atomic E-state index is -0.381. The van der Waals surface area contributed by atoms with E-state index in [9.17, 15) is 10.1 Å². The summed E-state index contributed by atoms with van der Waals surface area (Å²) in [5.41, 5.74) is 5.50. The minimum absolute atomic E-state index is 0.0833. The van der Waals surface area contributed by atoms with Crippen molar-refractivity contribution in [3.8, 4) is 5.69 Å². The van der Waals surface area contributed by atoms with E-state index in [0.717, 1.165) is 27.1 Å². The van der Waals surface area contributed by atoms with Crippen LogP contribution in [0.5, 0.6) is 0 Å². The number of hydrogen-bond acceptors (Lipinski definition) is 3. The normalized spacial score (nSPS) is 11.2. The van der Waals surface area contributed by atoms with Gasteiger partial charge < -0.3 is 4.57 Å². The van der Waals surface area contributed by atoms with Crippen LogP contribution in [0.25, 0.3) is 5.69 Å². The number of benzene rings is 2. The lowest BCUT2D eigenvalue weighted by atomic mass is 10.2. The summed E-state index contributed by atoms with van der Waals surface area (Å²) in [7, 11) is 0. The molecule has 3 rings (SSSR count). The van der Waals surface area contributed by atoms with Gasteiger partial charge in [0.25, 0.3) is 5.69 Å². The summed E-state index contributed by atoms with van der Waals surface area (Å²) in [6, 6.07) is 15.2. The standard InChI is InChI=1S/C20H18BrN3O2/c1-13-4-7-18(11-20(13)24(25)26)22-12-16-10-14(2)23(15(16)3)19-8-5-17(21)6-9-19/h4-12H,1-3H3. The monoisotopic (exact) mass is 411 g/mol. The van der Waals surface area contributed by atoms with E-state index in [0.29, 0.717) is 11.3 Å². The summed E-state index contributed by atoms with van der Waals surface area (Å²) in [4.78, 5) is 15.1. The van der Waals surface area contributed by atoms with Crippen molar-refractivity contribution in [1.82, 2.24) is 4.57 Å². The summed E-state index contributed by atoms with van der Waals surface area (Å²) in [5.74, 6) is 0. The molecule has 26 heavy (non-hydrogen) atoms. The quantitative estimate of drug-likeness (QED) is 0.308. The molecule has 0 unspecified atom stereocenters. The molecule has 132 valence electrons. The maximum Gasteiger partial charge on any atom is 0.274 e. The first-order valence-electron chi connectivity index (χ1n) is 8.11. The van der Waals surface area contributed by atoms with E-state index in [1.807, 2.05) is 38.1 Å². The summed E-state index contributed by atoms with van der Waals surface area (Å²) in [6.45, 7) is 5.80. The zero-order valence-electron chi connectivity index (χ0n) is 14.7. The fourth-order valence-corrected chi connectivity index (χ4v) is 3.19. The van der Waals surface area contributed by atoms with Gasteiger partial charge in [0.1, 0.15) is 0 Å². The molecule has 0 aliphatic carbocycles. The van der Waals surface area contributed by atoms with Crippen LogP contribution in [-0.2, 0) is 0 Å². The van der Waals surface area contributed by atoms with E-state index in [2.05, 4.69) is 31.6 Å². The lowest BCUT2D eigenvalue weighted by Crippen LogP contribution is -1.99. The van der Waals surface area contributed by atoms with E-state index in [1.165, 1.54) is 6.07 Å². The molecule has 0 saturated carbocycles. The zero-order chi connectivity index (χ0) is 18.8. The number of hydrogen-bond donors (Lipinski definition) is 0. The van der Waals surface area contributed by atoms with Crippen LogP contribution in [0.2, 0.25) is 0 Å². The molecule has 0 bridgehead atoms. The van der Waals surface area contributed by atoms with Gasteiger partial charge in [-0.1, -0.05) is 22.0 Å². The van der Waals surface area contributed by atoms with E-state index in [4.69, 9.17) is 0 Å². The van der Waals surface area contributed by atoms with Crippen molar-refractivity contribution in [2.75, 3.05) is 0 Å². The van der Waals surface area contributed by atoms with Crippen molar-refractivity contribution in [3.63, 3.8) is 0 Å². The first-order chi connectivity index (χ1) is 12.4. The summed E-state index contributed by atoms with van der Waals surface area (Å²) in [5, 5.41) is 11.1. The van der Waals surface area contributed by atoms with Gasteiger partial charge in [-0.3, -0.25) is 15.1 Å². The Balaban J connectivity index is 1.95. The molecule has 1 aromatic heterocycles. The lowest BCUT2D eigenvalue weighted by Gasteiger charge is -2.09. The van der Waals surface area contributed by atoms with Gasteiger partial charge in [0.05, 0.1) is 10.6 Å². The van der Waals surface area contributed by atoms with Gasteiger partial charge in [0.15, 0.2) is 0 Å². The molecule has 0 fully saturated rings. The fourth-order valence-electron chi connectivity index (χ4n) is 2.92. The lowest BCUT2D eigenvalue weighted by molar-refractivity contribution is -0.385. The number of aryl methyl sites for hydroxylation is 2. The molecule has 0 saturated heterocycles. The van der Waals surface area contributed by atoms with Crippen LogP contribution < -0.4 is 0 Å². The van der Waals surface area contributed by atoms with Crippen LogP contribution in [0.3, 0.4) is 0 Å². The highest BCUT2D eigenvalue weighted by Gasteiger charge is 2.12. The Bertz CT molecular complexity index is 1000. The maximum absolute atomic E-state index is 11.1. The molecule has 3 aromatic rings. The topological polar surface area (TPSA) is 60.4 Å². The second-order valence-electron chi connectivity index (χ2n) is 6.12. The molecule has 0 amide bonds. The number of nitrogens with zero attached hydrogens (tertiary/aromatic N) is 3. The van der Waals surface area contributed by atoms with Crippen molar-refractivity contribution < 1.29 is 4.92 Å². The van der Waals surface area contributed by atoms with Gasteiger partial charge in [-0.05, 0) is 57.2 Å². The molecule has 0 atom stereocenters. The van der Waals surface area contributed by atoms with Crippen LogP contribution in [0.1, 0.15) is 22.5 Å². The second kappa shape index (κ2) is 7.25. The summed E-state index contributed by atoms with van der Waals surface area (Å²) < 4.78 is 3.19. The molecular formula is C20H18BrN3O2. The Labute approximate surface area is 160 Å². The van der Waals surface area contributed by atoms with Crippen molar-refractivity contribution in [1.29, 1.82) is 0 Å². The third kappa shape index (κ3) is 3.60. The average molecular weight is 412 g/mol. The van der Waals surface area contributed by atoms with Crippen LogP contribution in [0.15, 0.2) is 58.0 Å². The molecular weight excluding hydrogens is 394 g/mol. The first kappa shape index (κ1) is 18.1. The summed E-state index contributed by atoms with van der Waals surface area (Å²) in [6.07, 6.45) is 1.76. The number of nitro benzene ring substituents is 1. The van der Waals surface area contributed by atoms with Crippen molar-refractivity contribution in [2.45, 2.75) is 20.8 Å². The molecule has 0 aliphatic heterocycles. The molecule has 5 nitrogen and oxygen atoms in total. The molecule has 0 spiro atoms. The Morgan fingerprint density at radius 2 is 1.77 bits per heavy atom. The minimum Gasteiger partial charge on any atom is -0.318 e. The number of halogens is 1. The molecule has 0 N–H and O–H groups in total. The van der Waals surface area contributed by atoms with Crippen LogP contribution in [0, 0.1) is 30.9 Å². The van der Waals surface area contributed by atoms with Crippen LogP contribution >= 0.6 is 15.9 Å². The van der Waals surface area contributed by atoms with Crippen LogP contribution in [0.4, 0.5) is 11.4 Å². The van der Waals surface area contributed by atoms with E-state index >= 15 is 0 Å². The van der Waals surface area contributed by atoms with Gasteiger partial charge in [0, 0.05) is 45.0 Å². The predicted molar refractivity (Wildman–Crippen MR) is 108 cm³/mol. The van der Waals surface area contributed by atoms with Crippen molar-refractivity contribution in [2.24, 2.45) is 4.99 Å². The number of aromatic nitrogens is 1. The Morgan fingerprint density at radius 1 is 1.08 bits per heavy atom. The van der Waals surface area contributed by atoms with Crippen molar-refractivity contribution >= 4 is 33.5 Å². The van der Waals surface area contributed by atoms with Gasteiger partial charge >= 0.3 is 0 Å². The van der Waals surface area contributed by atoms with E-state index < -0.39 is 0 Å². The van der Waals surface area contributed by atoms with Gasteiger partial charge in [0.2, 0.25) is 0 Å². The van der Waals surface area contributed by atoms with E-state index in [-0.39, 0.29) is 10.6 Å². The highest BCUT2D eigenvalue weighted by atomic mass is 79.9. The zero-order valence-corrected chi connectivity index (χ0v) is 16.3. The number of rotatable bonds is 4. The highest BCUT2D eigenvalue weighted by molar-refractivity contribution is 9.10. The molecule has 0 radical (unpaired) electrons. The second-order valence-corrected chi connectivity index (χ2v) is 7.04. The highest BCUT2D eigenvalue weighted by Crippen LogP contribution is 2.25. The summed E-state index contributed by atoms with van der Waals surface area (Å²) >= 11 is 3.45. The molecule has 0 aliphatic rings.